The van der Waals surface area contributed by atoms with Crippen LogP contribution in [0.4, 0.5) is 0 Å². The molecule has 0 saturated carbocycles. The fourth-order valence-corrected chi connectivity index (χ4v) is 3.82. The molecule has 2 aromatic rings. The normalized spacial score (nSPS) is 16.4. The van der Waals surface area contributed by atoms with Gasteiger partial charge in [0.1, 0.15) is 11.6 Å². The second kappa shape index (κ2) is 9.11. The number of hydrogen-bond acceptors (Lipinski definition) is 5. The van der Waals surface area contributed by atoms with E-state index in [1.54, 1.807) is 18.5 Å². The third-order valence-corrected chi connectivity index (χ3v) is 5.52. The molecule has 1 aliphatic rings. The average molecular weight is 412 g/mol. The van der Waals surface area contributed by atoms with Crippen molar-refractivity contribution in [1.29, 1.82) is 0 Å². The number of carbonyl (C=O) groups is 3. The van der Waals surface area contributed by atoms with Crippen molar-refractivity contribution in [1.82, 2.24) is 14.7 Å². The number of nitrogens with zero attached hydrogens (tertiary/aromatic N) is 3. The van der Waals surface area contributed by atoms with Crippen molar-refractivity contribution >= 4 is 17.8 Å². The molecule has 1 aliphatic heterocycles. The molecule has 8 heteroatoms. The molecule has 1 aromatic carbocycles. The molecular weight excluding hydrogens is 384 g/mol. The summed E-state index contributed by atoms with van der Waals surface area (Å²) < 4.78 is 7.03. The van der Waals surface area contributed by atoms with E-state index in [0.29, 0.717) is 36.5 Å². The van der Waals surface area contributed by atoms with Gasteiger partial charge in [0.2, 0.25) is 5.91 Å². The van der Waals surface area contributed by atoms with Crippen LogP contribution in [0, 0.1) is 20.8 Å². The zero-order chi connectivity index (χ0) is 21.8. The monoisotopic (exact) mass is 412 g/mol. The zero-order valence-electron chi connectivity index (χ0n) is 17.7. The quantitative estimate of drug-likeness (QED) is 0.729. The molecule has 1 aromatic heterocycles. The van der Waals surface area contributed by atoms with Crippen molar-refractivity contribution in [2.24, 2.45) is 5.73 Å². The van der Waals surface area contributed by atoms with Gasteiger partial charge < -0.3 is 15.4 Å². The molecule has 0 bridgehead atoms. The number of ether oxygens (including phenoxy) is 1. The van der Waals surface area contributed by atoms with Gasteiger partial charge in [-0.1, -0.05) is 29.8 Å². The maximum absolute atomic E-state index is 12.7. The molecule has 2 heterocycles. The lowest BCUT2D eigenvalue weighted by Crippen LogP contribution is -2.51. The predicted molar refractivity (Wildman–Crippen MR) is 111 cm³/mol. The first-order valence-corrected chi connectivity index (χ1v) is 10.1. The molecule has 0 radical (unpaired) electrons. The van der Waals surface area contributed by atoms with Gasteiger partial charge in [-0.15, -0.1) is 0 Å². The molecule has 30 heavy (non-hydrogen) atoms. The largest absolute Gasteiger partial charge is 0.452 e. The smallest absolute Gasteiger partial charge is 0.342 e. The number of aromatic nitrogens is 2. The zero-order valence-corrected chi connectivity index (χ0v) is 17.7. The van der Waals surface area contributed by atoms with Crippen molar-refractivity contribution in [3.8, 4) is 0 Å². The summed E-state index contributed by atoms with van der Waals surface area (Å²) in [4.78, 5) is 38.2. The van der Waals surface area contributed by atoms with Crippen LogP contribution in [0.15, 0.2) is 24.3 Å². The molecule has 1 saturated heterocycles. The third-order valence-electron chi connectivity index (χ3n) is 5.52. The maximum atomic E-state index is 12.7. The highest BCUT2D eigenvalue weighted by Gasteiger charge is 2.31. The number of esters is 1. The number of benzene rings is 1. The van der Waals surface area contributed by atoms with E-state index in [0.717, 1.165) is 18.4 Å². The Labute approximate surface area is 176 Å². The van der Waals surface area contributed by atoms with Gasteiger partial charge in [0, 0.05) is 6.54 Å². The Morgan fingerprint density at radius 1 is 1.13 bits per heavy atom. The molecule has 8 nitrogen and oxygen atoms in total. The fraction of sp³-hybridized carbons (Fsp3) is 0.455. The third kappa shape index (κ3) is 4.69. The molecule has 0 unspecified atom stereocenters. The summed E-state index contributed by atoms with van der Waals surface area (Å²) in [7, 11) is 0. The highest BCUT2D eigenvalue weighted by Crippen LogP contribution is 2.19. The number of aryl methyl sites for hydroxylation is 2. The van der Waals surface area contributed by atoms with E-state index >= 15 is 0 Å². The first kappa shape index (κ1) is 21.5. The van der Waals surface area contributed by atoms with Gasteiger partial charge in [0.05, 0.1) is 17.9 Å². The number of hydrogen-bond donors (Lipinski definition) is 1. The Kier molecular flexibility index (Phi) is 6.54. The summed E-state index contributed by atoms with van der Waals surface area (Å²) >= 11 is 0. The lowest BCUT2D eigenvalue weighted by molar-refractivity contribution is -0.143. The summed E-state index contributed by atoms with van der Waals surface area (Å²) in [6.45, 7) is 6.12. The van der Waals surface area contributed by atoms with Gasteiger partial charge in [0.15, 0.2) is 6.61 Å². The van der Waals surface area contributed by atoms with Crippen LogP contribution in [-0.4, -0.2) is 51.7 Å². The first-order chi connectivity index (χ1) is 14.3. The van der Waals surface area contributed by atoms with Crippen LogP contribution in [0.3, 0.4) is 0 Å². The SMILES string of the molecule is Cc1ccc(Cn2nc(C)c(C(=O)OCC(=O)N3CCCC[C@@H]3C(N)=O)c2C)cc1. The van der Waals surface area contributed by atoms with Crippen molar-refractivity contribution in [3.63, 3.8) is 0 Å². The van der Waals surface area contributed by atoms with E-state index in [-0.39, 0.29) is 0 Å². The Bertz CT molecular complexity index is 949. The van der Waals surface area contributed by atoms with Crippen molar-refractivity contribution in [3.05, 3.63) is 52.3 Å². The molecule has 2 amide bonds. The van der Waals surface area contributed by atoms with E-state index in [1.165, 1.54) is 10.5 Å². The van der Waals surface area contributed by atoms with Crippen molar-refractivity contribution < 1.29 is 19.1 Å². The minimum atomic E-state index is -0.634. The van der Waals surface area contributed by atoms with Crippen LogP contribution < -0.4 is 5.73 Å². The lowest BCUT2D eigenvalue weighted by Gasteiger charge is -2.33. The van der Waals surface area contributed by atoms with Crippen LogP contribution in [-0.2, 0) is 20.9 Å². The average Bonchev–Trinajstić information content (AvgIpc) is 3.00. The molecule has 3 rings (SSSR count). The van der Waals surface area contributed by atoms with Gasteiger partial charge in [0.25, 0.3) is 5.91 Å². The van der Waals surface area contributed by atoms with Gasteiger partial charge in [-0.2, -0.15) is 5.10 Å². The number of nitrogens with two attached hydrogens (primary N) is 1. The highest BCUT2D eigenvalue weighted by atomic mass is 16.5. The van der Waals surface area contributed by atoms with E-state index in [1.807, 2.05) is 31.2 Å². The van der Waals surface area contributed by atoms with Gasteiger partial charge in [-0.05, 0) is 45.6 Å². The number of carbonyl (C=O) groups excluding carboxylic acids is 3. The van der Waals surface area contributed by atoms with Crippen LogP contribution in [0.1, 0.15) is 52.1 Å². The number of likely N-dealkylation sites (tertiary alicyclic amines) is 1. The van der Waals surface area contributed by atoms with E-state index in [9.17, 15) is 14.4 Å². The Balaban J connectivity index is 1.66. The summed E-state index contributed by atoms with van der Waals surface area (Å²) in [5, 5.41) is 4.46. The Morgan fingerprint density at radius 2 is 1.83 bits per heavy atom. The Hall–Kier alpha value is -3.16. The molecule has 0 spiro atoms. The molecule has 0 aliphatic carbocycles. The van der Waals surface area contributed by atoms with E-state index < -0.39 is 30.4 Å². The number of primary amides is 1. The van der Waals surface area contributed by atoms with Gasteiger partial charge in [-0.25, -0.2) is 4.79 Å². The number of piperidine rings is 1. The minimum absolute atomic E-state index is 0.361. The molecule has 1 fully saturated rings. The number of amides is 2. The maximum Gasteiger partial charge on any atom is 0.342 e. The van der Waals surface area contributed by atoms with Crippen LogP contribution >= 0.6 is 0 Å². The predicted octanol–water partition coefficient (Wildman–Crippen LogP) is 1.88. The van der Waals surface area contributed by atoms with E-state index in [2.05, 4.69) is 5.10 Å². The molecule has 1 atom stereocenters. The standard InChI is InChI=1S/C22H28N4O4/c1-14-7-9-17(10-8-14)12-26-16(3)20(15(2)24-26)22(29)30-13-19(27)25-11-5-4-6-18(25)21(23)28/h7-10,18H,4-6,11-13H2,1-3H3,(H2,23,28)/t18-/m1/s1. The summed E-state index contributed by atoms with van der Waals surface area (Å²) in [5.41, 5.74) is 9.24. The van der Waals surface area contributed by atoms with Crippen LogP contribution in [0.5, 0.6) is 0 Å². The first-order valence-electron chi connectivity index (χ1n) is 10.1. The Morgan fingerprint density at radius 3 is 2.50 bits per heavy atom. The fourth-order valence-electron chi connectivity index (χ4n) is 3.82. The minimum Gasteiger partial charge on any atom is -0.452 e. The molecule has 160 valence electrons. The second-order valence-corrected chi connectivity index (χ2v) is 7.77. The second-order valence-electron chi connectivity index (χ2n) is 7.77. The van der Waals surface area contributed by atoms with Crippen molar-refractivity contribution in [2.45, 2.75) is 52.6 Å². The highest BCUT2D eigenvalue weighted by molar-refractivity contribution is 5.94. The summed E-state index contributed by atoms with van der Waals surface area (Å²) in [6.07, 6.45) is 2.18. The molecule has 2 N–H and O–H groups in total. The topological polar surface area (TPSA) is 108 Å². The van der Waals surface area contributed by atoms with Gasteiger partial charge >= 0.3 is 5.97 Å². The van der Waals surface area contributed by atoms with E-state index in [4.69, 9.17) is 10.5 Å². The summed E-state index contributed by atoms with van der Waals surface area (Å²) in [6, 6.07) is 7.47. The summed E-state index contributed by atoms with van der Waals surface area (Å²) in [5.74, 6) is -1.53. The van der Waals surface area contributed by atoms with Gasteiger partial charge in [-0.3, -0.25) is 14.3 Å². The van der Waals surface area contributed by atoms with Crippen LogP contribution in [0.2, 0.25) is 0 Å². The van der Waals surface area contributed by atoms with Crippen LogP contribution in [0.25, 0.3) is 0 Å². The van der Waals surface area contributed by atoms with Crippen molar-refractivity contribution in [2.75, 3.05) is 13.2 Å². The molecular formula is C22H28N4O4. The lowest BCUT2D eigenvalue weighted by atomic mass is 10.0. The number of rotatable bonds is 6.